The lowest BCUT2D eigenvalue weighted by molar-refractivity contribution is -0.142. The molecule has 0 aromatic heterocycles. The molecule has 78 valence electrons. The zero-order chi connectivity index (χ0) is 10.6. The molecule has 0 bridgehead atoms. The van der Waals surface area contributed by atoms with Crippen LogP contribution in [0.1, 0.15) is 48.0 Å². The maximum atomic E-state index is 12.0. The molecule has 0 saturated heterocycles. The molecule has 0 aromatic rings. The Labute approximate surface area is 82.3 Å². The Bertz CT molecular complexity index is 173. The van der Waals surface area contributed by atoms with Crippen LogP contribution in [0.2, 0.25) is 0 Å². The number of carbonyl (C=O) groups is 1. The summed E-state index contributed by atoms with van der Waals surface area (Å²) in [5.41, 5.74) is -0.208. The van der Waals surface area contributed by atoms with Crippen molar-refractivity contribution >= 4 is 5.91 Å². The molecule has 0 aliphatic rings. The maximum absolute atomic E-state index is 12.0. The molecular formula is C11H23NO. The van der Waals surface area contributed by atoms with E-state index < -0.39 is 0 Å². The molecule has 0 aromatic carbocycles. The van der Waals surface area contributed by atoms with Crippen LogP contribution in [0.5, 0.6) is 0 Å². The van der Waals surface area contributed by atoms with Crippen molar-refractivity contribution in [1.29, 1.82) is 0 Å². The highest BCUT2D eigenvalue weighted by molar-refractivity contribution is 5.82. The van der Waals surface area contributed by atoms with Gasteiger partial charge in [0.2, 0.25) is 5.91 Å². The Kier molecular flexibility index (Phi) is 4.45. The Morgan fingerprint density at radius 3 is 2.00 bits per heavy atom. The van der Waals surface area contributed by atoms with Gasteiger partial charge in [-0.05, 0) is 27.2 Å². The molecule has 0 rings (SSSR count). The summed E-state index contributed by atoms with van der Waals surface area (Å²) in [7, 11) is 0. The second-order valence-corrected chi connectivity index (χ2v) is 4.42. The molecule has 0 saturated carbocycles. The van der Waals surface area contributed by atoms with E-state index in [9.17, 15) is 4.79 Å². The van der Waals surface area contributed by atoms with E-state index in [0.29, 0.717) is 6.04 Å². The lowest BCUT2D eigenvalue weighted by Gasteiger charge is -2.33. The van der Waals surface area contributed by atoms with Gasteiger partial charge in [-0.25, -0.2) is 0 Å². The van der Waals surface area contributed by atoms with Crippen molar-refractivity contribution in [3.05, 3.63) is 0 Å². The fraction of sp³-hybridized carbons (Fsp3) is 0.909. The van der Waals surface area contributed by atoms with Crippen molar-refractivity contribution in [3.8, 4) is 0 Å². The number of nitrogens with zero attached hydrogens (tertiary/aromatic N) is 1. The summed E-state index contributed by atoms with van der Waals surface area (Å²) < 4.78 is 0. The minimum atomic E-state index is -0.208. The average Bonchev–Trinajstić information content (AvgIpc) is 2.05. The smallest absolute Gasteiger partial charge is 0.228 e. The molecule has 2 heteroatoms. The Morgan fingerprint density at radius 1 is 1.31 bits per heavy atom. The minimum absolute atomic E-state index is 0.208. The van der Waals surface area contributed by atoms with E-state index in [1.807, 2.05) is 25.7 Å². The average molecular weight is 185 g/mol. The van der Waals surface area contributed by atoms with Gasteiger partial charge in [-0.2, -0.15) is 0 Å². The summed E-state index contributed by atoms with van der Waals surface area (Å²) in [5.74, 6) is 0.271. The van der Waals surface area contributed by atoms with Gasteiger partial charge >= 0.3 is 0 Å². The Morgan fingerprint density at radius 2 is 1.77 bits per heavy atom. The van der Waals surface area contributed by atoms with E-state index in [-0.39, 0.29) is 11.3 Å². The number of rotatable bonds is 4. The van der Waals surface area contributed by atoms with Gasteiger partial charge in [0.15, 0.2) is 0 Å². The largest absolute Gasteiger partial charge is 0.340 e. The zero-order valence-corrected chi connectivity index (χ0v) is 9.85. The van der Waals surface area contributed by atoms with Crippen LogP contribution in [0.15, 0.2) is 0 Å². The highest BCUT2D eigenvalue weighted by Crippen LogP contribution is 2.23. The van der Waals surface area contributed by atoms with Gasteiger partial charge in [0, 0.05) is 18.0 Å². The van der Waals surface area contributed by atoms with Crippen LogP contribution in [0.3, 0.4) is 0 Å². The van der Waals surface area contributed by atoms with Gasteiger partial charge in [0.25, 0.3) is 0 Å². The topological polar surface area (TPSA) is 20.3 Å². The Hall–Kier alpha value is -0.530. The van der Waals surface area contributed by atoms with E-state index >= 15 is 0 Å². The molecule has 0 N–H and O–H groups in total. The van der Waals surface area contributed by atoms with Gasteiger partial charge in [0.1, 0.15) is 0 Å². The SMILES string of the molecule is CCN(C(=O)C(C)(C)CC)C(C)C. The Balaban J connectivity index is 4.55. The van der Waals surface area contributed by atoms with E-state index in [4.69, 9.17) is 0 Å². The fourth-order valence-corrected chi connectivity index (χ4v) is 1.28. The molecular weight excluding hydrogens is 162 g/mol. The monoisotopic (exact) mass is 185 g/mol. The number of carbonyl (C=O) groups excluding carboxylic acids is 1. The van der Waals surface area contributed by atoms with Crippen LogP contribution >= 0.6 is 0 Å². The van der Waals surface area contributed by atoms with Crippen molar-refractivity contribution in [3.63, 3.8) is 0 Å². The van der Waals surface area contributed by atoms with Crippen LogP contribution in [-0.4, -0.2) is 23.4 Å². The second kappa shape index (κ2) is 4.64. The zero-order valence-electron chi connectivity index (χ0n) is 9.85. The van der Waals surface area contributed by atoms with E-state index in [1.54, 1.807) is 0 Å². The molecule has 0 fully saturated rings. The van der Waals surface area contributed by atoms with Crippen molar-refractivity contribution in [1.82, 2.24) is 4.90 Å². The summed E-state index contributed by atoms with van der Waals surface area (Å²) >= 11 is 0. The van der Waals surface area contributed by atoms with Gasteiger partial charge in [0.05, 0.1) is 0 Å². The van der Waals surface area contributed by atoms with E-state index in [2.05, 4.69) is 20.8 Å². The molecule has 13 heavy (non-hydrogen) atoms. The van der Waals surface area contributed by atoms with Crippen LogP contribution in [0.25, 0.3) is 0 Å². The first-order chi connectivity index (χ1) is 5.86. The summed E-state index contributed by atoms with van der Waals surface area (Å²) in [5, 5.41) is 0. The van der Waals surface area contributed by atoms with Crippen LogP contribution in [-0.2, 0) is 4.79 Å². The number of hydrogen-bond donors (Lipinski definition) is 0. The second-order valence-electron chi connectivity index (χ2n) is 4.42. The van der Waals surface area contributed by atoms with Gasteiger partial charge in [-0.1, -0.05) is 20.8 Å². The number of amides is 1. The third-order valence-electron chi connectivity index (χ3n) is 2.69. The van der Waals surface area contributed by atoms with Crippen LogP contribution in [0.4, 0.5) is 0 Å². The quantitative estimate of drug-likeness (QED) is 0.659. The first-order valence-electron chi connectivity index (χ1n) is 5.17. The standard InChI is InChI=1S/C11H23NO/c1-7-11(5,6)10(13)12(8-2)9(3)4/h9H,7-8H2,1-6H3. The fourth-order valence-electron chi connectivity index (χ4n) is 1.28. The van der Waals surface area contributed by atoms with Crippen molar-refractivity contribution < 1.29 is 4.79 Å². The van der Waals surface area contributed by atoms with Crippen molar-refractivity contribution in [2.75, 3.05) is 6.54 Å². The van der Waals surface area contributed by atoms with E-state index in [1.165, 1.54) is 0 Å². The highest BCUT2D eigenvalue weighted by atomic mass is 16.2. The lowest BCUT2D eigenvalue weighted by Crippen LogP contribution is -2.44. The molecule has 0 heterocycles. The third-order valence-corrected chi connectivity index (χ3v) is 2.69. The molecule has 0 radical (unpaired) electrons. The van der Waals surface area contributed by atoms with Crippen molar-refractivity contribution in [2.24, 2.45) is 5.41 Å². The van der Waals surface area contributed by atoms with Gasteiger partial charge < -0.3 is 4.90 Å². The molecule has 1 amide bonds. The summed E-state index contributed by atoms with van der Waals surface area (Å²) in [6.45, 7) is 13.1. The molecule has 0 atom stereocenters. The number of hydrogen-bond acceptors (Lipinski definition) is 1. The van der Waals surface area contributed by atoms with Crippen LogP contribution < -0.4 is 0 Å². The predicted octanol–water partition coefficient (Wildman–Crippen LogP) is 2.68. The normalized spacial score (nSPS) is 11.9. The summed E-state index contributed by atoms with van der Waals surface area (Å²) in [6.07, 6.45) is 0.898. The molecule has 2 nitrogen and oxygen atoms in total. The third kappa shape index (κ3) is 3.02. The maximum Gasteiger partial charge on any atom is 0.228 e. The van der Waals surface area contributed by atoms with Gasteiger partial charge in [-0.3, -0.25) is 4.79 Å². The summed E-state index contributed by atoms with van der Waals surface area (Å²) in [6, 6.07) is 0.309. The highest BCUT2D eigenvalue weighted by Gasteiger charge is 2.30. The molecule has 0 aliphatic carbocycles. The minimum Gasteiger partial charge on any atom is -0.340 e. The molecule has 0 unspecified atom stereocenters. The van der Waals surface area contributed by atoms with Crippen LogP contribution in [0, 0.1) is 5.41 Å². The van der Waals surface area contributed by atoms with Gasteiger partial charge in [-0.15, -0.1) is 0 Å². The molecule has 0 aliphatic heterocycles. The first-order valence-corrected chi connectivity index (χ1v) is 5.17. The molecule has 0 spiro atoms. The lowest BCUT2D eigenvalue weighted by atomic mass is 9.88. The van der Waals surface area contributed by atoms with E-state index in [0.717, 1.165) is 13.0 Å². The summed E-state index contributed by atoms with van der Waals surface area (Å²) in [4.78, 5) is 13.9. The predicted molar refractivity (Wildman–Crippen MR) is 56.6 cm³/mol. The first kappa shape index (κ1) is 12.5. The van der Waals surface area contributed by atoms with Crippen molar-refractivity contribution in [2.45, 2.75) is 54.0 Å².